The lowest BCUT2D eigenvalue weighted by Crippen LogP contribution is -2.09. The SMILES string of the molecule is CCOC(OCC)c1snnc1C=O. The molecule has 5 nitrogen and oxygen atoms in total. The minimum Gasteiger partial charge on any atom is -0.348 e. The van der Waals surface area contributed by atoms with Crippen molar-refractivity contribution in [2.45, 2.75) is 20.1 Å². The lowest BCUT2D eigenvalue weighted by Gasteiger charge is -2.14. The molecule has 0 aliphatic heterocycles. The Morgan fingerprint density at radius 1 is 1.43 bits per heavy atom. The molecule has 0 radical (unpaired) electrons. The summed E-state index contributed by atoms with van der Waals surface area (Å²) in [6.07, 6.45) is 0.134. The first-order chi connectivity index (χ1) is 6.83. The molecule has 0 N–H and O–H groups in total. The number of hydrogen-bond acceptors (Lipinski definition) is 6. The summed E-state index contributed by atoms with van der Waals surface area (Å²) in [6.45, 7) is 4.75. The highest BCUT2D eigenvalue weighted by atomic mass is 32.1. The highest BCUT2D eigenvalue weighted by Crippen LogP contribution is 2.23. The van der Waals surface area contributed by atoms with E-state index in [1.54, 1.807) is 0 Å². The van der Waals surface area contributed by atoms with Crippen LogP contribution < -0.4 is 0 Å². The number of ether oxygens (including phenoxy) is 2. The number of hydrogen-bond donors (Lipinski definition) is 0. The van der Waals surface area contributed by atoms with E-state index in [4.69, 9.17) is 9.47 Å². The van der Waals surface area contributed by atoms with Crippen LogP contribution in [0, 0.1) is 0 Å². The Morgan fingerprint density at radius 3 is 2.57 bits per heavy atom. The van der Waals surface area contributed by atoms with Crippen LogP contribution in [0.4, 0.5) is 0 Å². The van der Waals surface area contributed by atoms with Gasteiger partial charge in [0.25, 0.3) is 0 Å². The number of rotatable bonds is 6. The van der Waals surface area contributed by atoms with Crippen molar-refractivity contribution in [1.29, 1.82) is 0 Å². The van der Waals surface area contributed by atoms with Gasteiger partial charge in [0.2, 0.25) is 0 Å². The lowest BCUT2D eigenvalue weighted by atomic mass is 10.4. The smallest absolute Gasteiger partial charge is 0.196 e. The number of aromatic nitrogens is 2. The molecule has 0 bridgehead atoms. The first-order valence-corrected chi connectivity index (χ1v) is 5.11. The molecule has 1 aromatic rings. The van der Waals surface area contributed by atoms with Gasteiger partial charge >= 0.3 is 0 Å². The summed E-state index contributed by atoms with van der Waals surface area (Å²) in [5, 5.41) is 3.66. The zero-order chi connectivity index (χ0) is 10.4. The third kappa shape index (κ3) is 2.57. The molecular weight excluding hydrogens is 204 g/mol. The third-order valence-corrected chi connectivity index (χ3v) is 2.26. The molecule has 78 valence electrons. The lowest BCUT2D eigenvalue weighted by molar-refractivity contribution is -0.138. The van der Waals surface area contributed by atoms with Gasteiger partial charge in [-0.2, -0.15) is 0 Å². The highest BCUT2D eigenvalue weighted by molar-refractivity contribution is 7.05. The predicted octanol–water partition coefficient (Wildman–Crippen LogP) is 1.42. The van der Waals surface area contributed by atoms with Gasteiger partial charge in [0, 0.05) is 13.2 Å². The van der Waals surface area contributed by atoms with E-state index in [0.717, 1.165) is 11.5 Å². The van der Waals surface area contributed by atoms with Gasteiger partial charge in [-0.1, -0.05) is 4.49 Å². The van der Waals surface area contributed by atoms with Crippen molar-refractivity contribution in [1.82, 2.24) is 9.59 Å². The van der Waals surface area contributed by atoms with Gasteiger partial charge in [-0.25, -0.2) is 0 Å². The predicted molar refractivity (Wildman–Crippen MR) is 51.3 cm³/mol. The summed E-state index contributed by atoms with van der Waals surface area (Å²) in [5.41, 5.74) is 0.293. The van der Waals surface area contributed by atoms with Crippen molar-refractivity contribution < 1.29 is 14.3 Å². The van der Waals surface area contributed by atoms with E-state index in [9.17, 15) is 4.79 Å². The van der Waals surface area contributed by atoms with Crippen LogP contribution in [0.1, 0.15) is 35.5 Å². The molecule has 1 heterocycles. The summed E-state index contributed by atoms with van der Waals surface area (Å²) >= 11 is 1.12. The fourth-order valence-electron chi connectivity index (χ4n) is 0.952. The molecule has 0 aliphatic carbocycles. The third-order valence-electron chi connectivity index (χ3n) is 1.50. The molecule has 0 atom stereocenters. The first kappa shape index (κ1) is 11.2. The van der Waals surface area contributed by atoms with Gasteiger partial charge in [-0.15, -0.1) is 5.10 Å². The van der Waals surface area contributed by atoms with Crippen LogP contribution in [-0.4, -0.2) is 29.1 Å². The molecule has 14 heavy (non-hydrogen) atoms. The summed E-state index contributed by atoms with van der Waals surface area (Å²) in [7, 11) is 0. The maximum absolute atomic E-state index is 10.6. The molecule has 0 saturated heterocycles. The second-order valence-corrected chi connectivity index (χ2v) is 3.17. The largest absolute Gasteiger partial charge is 0.348 e. The Hall–Kier alpha value is -0.850. The van der Waals surface area contributed by atoms with Gasteiger partial charge in [-0.05, 0) is 25.4 Å². The Kier molecular flexibility index (Phi) is 4.64. The molecule has 6 heteroatoms. The topological polar surface area (TPSA) is 61.3 Å². The standard InChI is InChI=1S/C8H12N2O3S/c1-3-12-8(13-4-2)7-6(5-11)9-10-14-7/h5,8H,3-4H2,1-2H3. The molecule has 0 aromatic carbocycles. The molecule has 0 spiro atoms. The Morgan fingerprint density at radius 2 is 2.07 bits per heavy atom. The van der Waals surface area contributed by atoms with Crippen LogP contribution in [0.5, 0.6) is 0 Å². The molecule has 0 saturated carbocycles. The van der Waals surface area contributed by atoms with E-state index < -0.39 is 6.29 Å². The maximum Gasteiger partial charge on any atom is 0.196 e. The molecule has 1 rings (SSSR count). The van der Waals surface area contributed by atoms with Crippen LogP contribution in [0.2, 0.25) is 0 Å². The van der Waals surface area contributed by atoms with Gasteiger partial charge in [-0.3, -0.25) is 4.79 Å². The van der Waals surface area contributed by atoms with E-state index in [1.807, 2.05) is 13.8 Å². The van der Waals surface area contributed by atoms with Crippen molar-refractivity contribution in [3.8, 4) is 0 Å². The van der Waals surface area contributed by atoms with Gasteiger partial charge in [0.05, 0.1) is 0 Å². The molecule has 0 unspecified atom stereocenters. The van der Waals surface area contributed by atoms with Crippen LogP contribution in [-0.2, 0) is 9.47 Å². The number of aldehydes is 1. The average molecular weight is 216 g/mol. The maximum atomic E-state index is 10.6. The average Bonchev–Trinajstić information content (AvgIpc) is 2.65. The highest BCUT2D eigenvalue weighted by Gasteiger charge is 2.19. The van der Waals surface area contributed by atoms with Crippen molar-refractivity contribution in [3.63, 3.8) is 0 Å². The summed E-state index contributed by atoms with van der Waals surface area (Å²) in [6, 6.07) is 0. The summed E-state index contributed by atoms with van der Waals surface area (Å²) in [4.78, 5) is 11.2. The number of nitrogens with zero attached hydrogens (tertiary/aromatic N) is 2. The summed E-state index contributed by atoms with van der Waals surface area (Å²) < 4.78 is 14.3. The van der Waals surface area contributed by atoms with Crippen molar-refractivity contribution in [2.75, 3.05) is 13.2 Å². The Labute approximate surface area is 86.2 Å². The zero-order valence-corrected chi connectivity index (χ0v) is 8.91. The van der Waals surface area contributed by atoms with E-state index in [0.29, 0.717) is 30.1 Å². The number of carbonyl (C=O) groups is 1. The fraction of sp³-hybridized carbons (Fsp3) is 0.625. The second-order valence-electron chi connectivity index (χ2n) is 2.38. The van der Waals surface area contributed by atoms with Crippen LogP contribution >= 0.6 is 11.5 Å². The molecular formula is C8H12N2O3S. The van der Waals surface area contributed by atoms with Gasteiger partial charge in [0.15, 0.2) is 12.6 Å². The quantitative estimate of drug-likeness (QED) is 0.531. The van der Waals surface area contributed by atoms with E-state index in [-0.39, 0.29) is 0 Å². The van der Waals surface area contributed by atoms with Crippen LogP contribution in [0.3, 0.4) is 0 Å². The monoisotopic (exact) mass is 216 g/mol. The van der Waals surface area contributed by atoms with E-state index in [1.165, 1.54) is 0 Å². The van der Waals surface area contributed by atoms with Gasteiger partial charge < -0.3 is 9.47 Å². The molecule has 0 aliphatic rings. The molecule has 0 amide bonds. The first-order valence-electron chi connectivity index (χ1n) is 4.34. The van der Waals surface area contributed by atoms with E-state index >= 15 is 0 Å². The van der Waals surface area contributed by atoms with Gasteiger partial charge in [0.1, 0.15) is 10.6 Å². The fourth-order valence-corrected chi connectivity index (χ4v) is 1.57. The zero-order valence-electron chi connectivity index (χ0n) is 8.10. The second kappa shape index (κ2) is 5.79. The minimum absolute atomic E-state index is 0.293. The van der Waals surface area contributed by atoms with E-state index in [2.05, 4.69) is 9.59 Å². The Bertz CT molecular complexity index is 284. The minimum atomic E-state index is -0.523. The van der Waals surface area contributed by atoms with Crippen molar-refractivity contribution in [3.05, 3.63) is 10.6 Å². The molecule has 1 aromatic heterocycles. The van der Waals surface area contributed by atoms with Crippen LogP contribution in [0.25, 0.3) is 0 Å². The molecule has 0 fully saturated rings. The van der Waals surface area contributed by atoms with Crippen molar-refractivity contribution in [2.24, 2.45) is 0 Å². The number of carbonyl (C=O) groups excluding carboxylic acids is 1. The van der Waals surface area contributed by atoms with Crippen LogP contribution in [0.15, 0.2) is 0 Å². The Balaban J connectivity index is 2.80. The normalized spacial score (nSPS) is 10.8. The van der Waals surface area contributed by atoms with Crippen molar-refractivity contribution >= 4 is 17.8 Å². The summed E-state index contributed by atoms with van der Waals surface area (Å²) in [5.74, 6) is 0.